The summed E-state index contributed by atoms with van der Waals surface area (Å²) in [5, 5.41) is 0. The van der Waals surface area contributed by atoms with Crippen LogP contribution >= 0.6 is 0 Å². The first-order valence-corrected chi connectivity index (χ1v) is 10.5. The van der Waals surface area contributed by atoms with Gasteiger partial charge >= 0.3 is 0 Å². The average molecular weight is 398 g/mol. The summed E-state index contributed by atoms with van der Waals surface area (Å²) in [5.41, 5.74) is 4.36. The van der Waals surface area contributed by atoms with Crippen molar-refractivity contribution in [1.82, 2.24) is 9.80 Å². The maximum absolute atomic E-state index is 12.6. The quantitative estimate of drug-likeness (QED) is 0.593. The highest BCUT2D eigenvalue weighted by Gasteiger charge is 2.21. The van der Waals surface area contributed by atoms with Gasteiger partial charge in [-0.05, 0) is 70.5 Å². The maximum atomic E-state index is 12.6. The molecule has 1 aromatic rings. The predicted molar refractivity (Wildman–Crippen MR) is 121 cm³/mol. The fraction of sp³-hybridized carbons (Fsp3) is 0.500. The Morgan fingerprint density at radius 2 is 1.90 bits per heavy atom. The van der Waals surface area contributed by atoms with Gasteiger partial charge in [0.15, 0.2) is 0 Å². The topological polar surface area (TPSA) is 43.9 Å². The minimum absolute atomic E-state index is 0.144. The van der Waals surface area contributed by atoms with E-state index in [4.69, 9.17) is 0 Å². The van der Waals surface area contributed by atoms with Gasteiger partial charge in [-0.3, -0.25) is 14.5 Å². The maximum Gasteiger partial charge on any atom is 0.229 e. The molecule has 1 aromatic carbocycles. The Morgan fingerprint density at radius 3 is 2.48 bits per heavy atom. The smallest absolute Gasteiger partial charge is 0.229 e. The van der Waals surface area contributed by atoms with Crippen LogP contribution in [0.25, 0.3) is 6.08 Å². The van der Waals surface area contributed by atoms with E-state index >= 15 is 0 Å². The van der Waals surface area contributed by atoms with Crippen LogP contribution in [0, 0.1) is 5.92 Å². The largest absolute Gasteiger partial charge is 0.343 e. The van der Waals surface area contributed by atoms with Gasteiger partial charge in [-0.25, -0.2) is 0 Å². The van der Waals surface area contributed by atoms with Crippen LogP contribution in [-0.4, -0.2) is 55.3 Å². The third-order valence-corrected chi connectivity index (χ3v) is 5.77. The number of fused-ring (bicyclic) bond motifs is 1. The minimum Gasteiger partial charge on any atom is -0.343 e. The Kier molecular flexibility index (Phi) is 8.21. The summed E-state index contributed by atoms with van der Waals surface area (Å²) in [6.07, 6.45) is 8.57. The Labute approximate surface area is 175 Å². The van der Waals surface area contributed by atoms with E-state index < -0.39 is 0 Å². The van der Waals surface area contributed by atoms with E-state index in [-0.39, 0.29) is 11.8 Å². The van der Waals surface area contributed by atoms with Crippen LogP contribution in [0.15, 0.2) is 36.0 Å². The third-order valence-electron chi connectivity index (χ3n) is 5.77. The standard InChI is InChI=1S/C24H35N3O2/c1-7-26(8-2)24(29)18(3)12-13-21-10-9-11-23-22(21)15-20(16-27(23)17-28)14-19(4)25(5)6/h9-13,16-19H,7-8,14-15H2,1-6H3/b13-12+/t18?,19-/m0/s1. The molecule has 0 N–H and O–H groups in total. The molecule has 0 bridgehead atoms. The molecule has 0 spiro atoms. The molecule has 0 saturated carbocycles. The zero-order chi connectivity index (χ0) is 21.6. The molecule has 0 fully saturated rings. The first-order valence-electron chi connectivity index (χ1n) is 10.5. The SMILES string of the molecule is CCN(CC)C(=O)C(C)/C=C/c1cccc2c1CC(C[C@H](C)N(C)C)=CN2C=O. The van der Waals surface area contributed by atoms with Crippen molar-refractivity contribution in [3.05, 3.63) is 47.2 Å². The van der Waals surface area contributed by atoms with Crippen LogP contribution in [0.5, 0.6) is 0 Å². The molecule has 1 unspecified atom stereocenters. The summed E-state index contributed by atoms with van der Waals surface area (Å²) >= 11 is 0. The molecule has 1 aliphatic heterocycles. The van der Waals surface area contributed by atoms with Gasteiger partial charge in [-0.15, -0.1) is 0 Å². The molecule has 0 aliphatic carbocycles. The van der Waals surface area contributed by atoms with Gasteiger partial charge in [-0.2, -0.15) is 0 Å². The normalized spacial score (nSPS) is 15.8. The number of benzene rings is 1. The van der Waals surface area contributed by atoms with E-state index in [9.17, 15) is 9.59 Å². The Hall–Kier alpha value is -2.40. The van der Waals surface area contributed by atoms with Crippen molar-refractivity contribution >= 4 is 24.1 Å². The fourth-order valence-electron chi connectivity index (χ4n) is 3.65. The summed E-state index contributed by atoms with van der Waals surface area (Å²) in [4.78, 5) is 30.0. The lowest BCUT2D eigenvalue weighted by atomic mass is 9.91. The van der Waals surface area contributed by atoms with Crippen LogP contribution in [0.3, 0.4) is 0 Å². The highest BCUT2D eigenvalue weighted by atomic mass is 16.2. The number of carbonyl (C=O) groups is 2. The van der Waals surface area contributed by atoms with Crippen molar-refractivity contribution in [3.63, 3.8) is 0 Å². The van der Waals surface area contributed by atoms with Crippen LogP contribution in [0.2, 0.25) is 0 Å². The monoisotopic (exact) mass is 397 g/mol. The lowest BCUT2D eigenvalue weighted by Gasteiger charge is -2.29. The van der Waals surface area contributed by atoms with Crippen LogP contribution in [0.1, 0.15) is 45.2 Å². The first-order chi connectivity index (χ1) is 13.8. The van der Waals surface area contributed by atoms with Gasteiger partial charge in [0, 0.05) is 25.3 Å². The molecule has 2 rings (SSSR count). The van der Waals surface area contributed by atoms with E-state index in [0.29, 0.717) is 6.04 Å². The number of hydrogen-bond donors (Lipinski definition) is 0. The van der Waals surface area contributed by atoms with Crippen LogP contribution in [-0.2, 0) is 16.0 Å². The zero-order valence-corrected chi connectivity index (χ0v) is 18.7. The van der Waals surface area contributed by atoms with Crippen molar-refractivity contribution in [1.29, 1.82) is 0 Å². The van der Waals surface area contributed by atoms with E-state index in [1.54, 1.807) is 4.90 Å². The van der Waals surface area contributed by atoms with E-state index in [1.165, 1.54) is 5.57 Å². The molecule has 29 heavy (non-hydrogen) atoms. The Morgan fingerprint density at radius 1 is 1.21 bits per heavy atom. The molecule has 0 radical (unpaired) electrons. The molecule has 1 aliphatic rings. The van der Waals surface area contributed by atoms with Crippen molar-refractivity contribution in [3.8, 4) is 0 Å². The molecule has 2 amide bonds. The summed E-state index contributed by atoms with van der Waals surface area (Å²) in [6, 6.07) is 6.40. The van der Waals surface area contributed by atoms with Crippen LogP contribution in [0.4, 0.5) is 5.69 Å². The molecule has 2 atom stereocenters. The Balaban J connectivity index is 2.28. The second-order valence-electron chi connectivity index (χ2n) is 8.00. The molecule has 1 heterocycles. The highest BCUT2D eigenvalue weighted by molar-refractivity contribution is 5.84. The van der Waals surface area contributed by atoms with Crippen molar-refractivity contribution in [2.24, 2.45) is 5.92 Å². The van der Waals surface area contributed by atoms with Crippen molar-refractivity contribution in [2.45, 2.75) is 46.6 Å². The molecule has 5 heteroatoms. The van der Waals surface area contributed by atoms with Gasteiger partial charge in [-0.1, -0.05) is 31.2 Å². The summed E-state index contributed by atoms with van der Waals surface area (Å²) in [6.45, 7) is 9.58. The molecule has 5 nitrogen and oxygen atoms in total. The third kappa shape index (κ3) is 5.57. The fourth-order valence-corrected chi connectivity index (χ4v) is 3.65. The van der Waals surface area contributed by atoms with Crippen molar-refractivity contribution < 1.29 is 9.59 Å². The number of nitrogens with zero attached hydrogens (tertiary/aromatic N) is 3. The lowest BCUT2D eigenvalue weighted by molar-refractivity contribution is -0.133. The summed E-state index contributed by atoms with van der Waals surface area (Å²) in [7, 11) is 4.14. The highest BCUT2D eigenvalue weighted by Crippen LogP contribution is 2.33. The summed E-state index contributed by atoms with van der Waals surface area (Å²) in [5.74, 6) is -0.0359. The van der Waals surface area contributed by atoms with E-state index in [2.05, 4.69) is 32.0 Å². The van der Waals surface area contributed by atoms with Gasteiger partial charge in [0.2, 0.25) is 12.3 Å². The van der Waals surface area contributed by atoms with Gasteiger partial charge in [0.05, 0.1) is 11.6 Å². The lowest BCUT2D eigenvalue weighted by Crippen LogP contribution is -2.34. The second kappa shape index (κ2) is 10.4. The van der Waals surface area contributed by atoms with Gasteiger partial charge in [0.1, 0.15) is 0 Å². The van der Waals surface area contributed by atoms with Gasteiger partial charge < -0.3 is 9.80 Å². The molecule has 158 valence electrons. The number of hydrogen-bond acceptors (Lipinski definition) is 3. The first kappa shape index (κ1) is 22.9. The predicted octanol–water partition coefficient (Wildman–Crippen LogP) is 3.95. The number of anilines is 1. The van der Waals surface area contributed by atoms with E-state index in [1.807, 2.05) is 56.2 Å². The molecule has 0 aromatic heterocycles. The zero-order valence-electron chi connectivity index (χ0n) is 18.7. The second-order valence-corrected chi connectivity index (χ2v) is 8.00. The van der Waals surface area contributed by atoms with Crippen molar-refractivity contribution in [2.75, 3.05) is 32.1 Å². The number of amides is 2. The minimum atomic E-state index is -0.180. The van der Waals surface area contributed by atoms with E-state index in [0.717, 1.165) is 49.2 Å². The molecular weight excluding hydrogens is 362 g/mol. The number of rotatable bonds is 9. The molecular formula is C24H35N3O2. The Bertz CT molecular complexity index is 778. The summed E-state index contributed by atoms with van der Waals surface area (Å²) < 4.78 is 0. The molecule has 0 saturated heterocycles. The van der Waals surface area contributed by atoms with Crippen LogP contribution < -0.4 is 4.90 Å². The van der Waals surface area contributed by atoms with Gasteiger partial charge in [0.25, 0.3) is 0 Å². The average Bonchev–Trinajstić information content (AvgIpc) is 2.71. The number of carbonyl (C=O) groups excluding carboxylic acids is 2.